The summed E-state index contributed by atoms with van der Waals surface area (Å²) in [6.45, 7) is 7.38. The molecule has 140 valence electrons. The van der Waals surface area contributed by atoms with Crippen molar-refractivity contribution >= 4 is 25.6 Å². The van der Waals surface area contributed by atoms with E-state index in [1.165, 1.54) is 24.2 Å². The number of nitrogens with zero attached hydrogens (tertiary/aromatic N) is 1. The molecule has 5 aliphatic rings. The highest BCUT2D eigenvalue weighted by atomic mass is 28.3. The van der Waals surface area contributed by atoms with Crippen molar-refractivity contribution in [3.8, 4) is 0 Å². The van der Waals surface area contributed by atoms with Crippen LogP contribution in [-0.2, 0) is 9.59 Å². The fourth-order valence-corrected chi connectivity index (χ4v) is 11.7. The molecule has 0 unspecified atom stereocenters. The van der Waals surface area contributed by atoms with Crippen LogP contribution in [0.25, 0.3) is 0 Å². The maximum atomic E-state index is 13.8. The number of hydrogen-bond acceptors (Lipinski definition) is 2. The maximum absolute atomic E-state index is 13.8. The Hall–Kier alpha value is -1.68. The van der Waals surface area contributed by atoms with E-state index in [-0.39, 0.29) is 29.1 Å². The summed E-state index contributed by atoms with van der Waals surface area (Å²) in [5.41, 5.74) is 2.94. The average Bonchev–Trinajstić information content (AvgIpc) is 3.38. The summed E-state index contributed by atoms with van der Waals surface area (Å²) in [6, 6.07) is 9.59. The lowest BCUT2D eigenvalue weighted by Gasteiger charge is -2.47. The van der Waals surface area contributed by atoms with Crippen molar-refractivity contribution in [3.05, 3.63) is 42.0 Å². The second kappa shape index (κ2) is 4.83. The van der Waals surface area contributed by atoms with E-state index in [4.69, 9.17) is 0 Å². The first-order valence-corrected chi connectivity index (χ1v) is 14.1. The molecule has 4 fully saturated rings. The second-order valence-corrected chi connectivity index (χ2v) is 15.9. The highest BCUT2D eigenvalue weighted by Crippen LogP contribution is 2.81. The quantitative estimate of drug-likeness (QED) is 0.433. The predicted molar refractivity (Wildman–Crippen MR) is 108 cm³/mol. The number of fused-ring (bicyclic) bond motifs is 6. The zero-order valence-corrected chi connectivity index (χ0v) is 17.3. The van der Waals surface area contributed by atoms with E-state index in [1.54, 1.807) is 5.57 Å². The molecule has 3 saturated carbocycles. The van der Waals surface area contributed by atoms with Gasteiger partial charge in [-0.3, -0.25) is 14.5 Å². The number of allylic oxidation sites excluding steroid dienone is 2. The first-order chi connectivity index (χ1) is 12.9. The first-order valence-electron chi connectivity index (χ1n) is 10.5. The first kappa shape index (κ1) is 16.3. The van der Waals surface area contributed by atoms with Gasteiger partial charge in [-0.2, -0.15) is 0 Å². The summed E-state index contributed by atoms with van der Waals surface area (Å²) < 4.78 is 0. The SMILES string of the molecule is C[Si](C)(C)[C@@H]1[C@H]2C=C3[C@H]4CC[C@@H](C4)[C@]31[C@@H]1C(=O)N(c3ccccc3)C(=O)[C@H]21. The molecule has 1 aromatic rings. The Bertz CT molecular complexity index is 901. The molecule has 4 heteroatoms. The number of benzene rings is 1. The lowest BCUT2D eigenvalue weighted by molar-refractivity contribution is -0.124. The molecule has 1 aliphatic heterocycles. The van der Waals surface area contributed by atoms with Gasteiger partial charge < -0.3 is 0 Å². The minimum absolute atomic E-state index is 0.0129. The monoisotopic (exact) mass is 377 g/mol. The van der Waals surface area contributed by atoms with Crippen LogP contribution in [0, 0.1) is 35.0 Å². The van der Waals surface area contributed by atoms with Gasteiger partial charge in [-0.1, -0.05) is 49.5 Å². The molecule has 6 rings (SSSR count). The molecule has 0 radical (unpaired) electrons. The zero-order chi connectivity index (χ0) is 18.7. The molecule has 2 amide bonds. The van der Waals surface area contributed by atoms with Crippen molar-refractivity contribution in [1.29, 1.82) is 0 Å². The Morgan fingerprint density at radius 2 is 1.78 bits per heavy atom. The van der Waals surface area contributed by atoms with Gasteiger partial charge in [0.1, 0.15) is 0 Å². The fraction of sp³-hybridized carbons (Fsp3) is 0.565. The van der Waals surface area contributed by atoms with Gasteiger partial charge in [0.25, 0.3) is 0 Å². The van der Waals surface area contributed by atoms with E-state index in [0.717, 1.165) is 5.69 Å². The summed E-state index contributed by atoms with van der Waals surface area (Å²) in [4.78, 5) is 28.8. The Kier molecular flexibility index (Phi) is 2.91. The van der Waals surface area contributed by atoms with E-state index in [2.05, 4.69) is 25.7 Å². The molecular weight excluding hydrogens is 350 g/mol. The smallest absolute Gasteiger partial charge is 0.238 e. The number of para-hydroxylation sites is 1. The van der Waals surface area contributed by atoms with Crippen molar-refractivity contribution in [1.82, 2.24) is 0 Å². The van der Waals surface area contributed by atoms with Crippen molar-refractivity contribution in [3.63, 3.8) is 0 Å². The molecule has 0 N–H and O–H groups in total. The molecule has 7 atom stereocenters. The van der Waals surface area contributed by atoms with E-state index < -0.39 is 8.07 Å². The van der Waals surface area contributed by atoms with Gasteiger partial charge in [0, 0.05) is 13.5 Å². The lowest BCUT2D eigenvalue weighted by Crippen LogP contribution is -2.48. The van der Waals surface area contributed by atoms with Crippen LogP contribution in [0.2, 0.25) is 25.2 Å². The van der Waals surface area contributed by atoms with Gasteiger partial charge in [-0.25, -0.2) is 0 Å². The van der Waals surface area contributed by atoms with Gasteiger partial charge in [-0.15, -0.1) is 0 Å². The van der Waals surface area contributed by atoms with Gasteiger partial charge in [-0.05, 0) is 54.7 Å². The van der Waals surface area contributed by atoms with E-state index in [0.29, 0.717) is 23.3 Å². The lowest BCUT2D eigenvalue weighted by atomic mass is 9.62. The largest absolute Gasteiger partial charge is 0.274 e. The highest BCUT2D eigenvalue weighted by molar-refractivity contribution is 6.78. The molecule has 0 aromatic heterocycles. The van der Waals surface area contributed by atoms with Crippen LogP contribution in [0.3, 0.4) is 0 Å². The van der Waals surface area contributed by atoms with E-state index in [1.807, 2.05) is 30.3 Å². The van der Waals surface area contributed by atoms with Crippen LogP contribution >= 0.6 is 0 Å². The maximum Gasteiger partial charge on any atom is 0.238 e. The topological polar surface area (TPSA) is 37.4 Å². The molecule has 1 spiro atoms. The van der Waals surface area contributed by atoms with Crippen molar-refractivity contribution in [2.24, 2.45) is 35.0 Å². The highest BCUT2D eigenvalue weighted by Gasteiger charge is 2.79. The number of carbonyl (C=O) groups is 2. The van der Waals surface area contributed by atoms with Crippen LogP contribution in [0.5, 0.6) is 0 Å². The third-order valence-electron chi connectivity index (χ3n) is 8.55. The Balaban J connectivity index is 1.54. The van der Waals surface area contributed by atoms with Crippen LogP contribution in [0.4, 0.5) is 5.69 Å². The van der Waals surface area contributed by atoms with Crippen molar-refractivity contribution in [2.75, 3.05) is 4.90 Å². The van der Waals surface area contributed by atoms with Crippen molar-refractivity contribution < 1.29 is 9.59 Å². The minimum atomic E-state index is -1.52. The minimum Gasteiger partial charge on any atom is -0.274 e. The van der Waals surface area contributed by atoms with E-state index >= 15 is 0 Å². The second-order valence-electron chi connectivity index (χ2n) is 10.5. The average molecular weight is 378 g/mol. The number of carbonyl (C=O) groups excluding carboxylic acids is 2. The summed E-state index contributed by atoms with van der Waals surface area (Å²) in [5, 5.41) is 0. The third kappa shape index (κ3) is 1.66. The normalized spacial score (nSPS) is 44.1. The Morgan fingerprint density at radius 1 is 1.04 bits per heavy atom. The summed E-state index contributed by atoms with van der Waals surface area (Å²) in [5.74, 6) is 1.57. The Labute approximate surface area is 161 Å². The van der Waals surface area contributed by atoms with Gasteiger partial charge >= 0.3 is 0 Å². The molecule has 3 nitrogen and oxygen atoms in total. The molecule has 1 heterocycles. The molecule has 1 saturated heterocycles. The third-order valence-corrected chi connectivity index (χ3v) is 11.3. The van der Waals surface area contributed by atoms with Crippen LogP contribution in [-0.4, -0.2) is 19.9 Å². The van der Waals surface area contributed by atoms with Gasteiger partial charge in [0.15, 0.2) is 0 Å². The predicted octanol–water partition coefficient (Wildman–Crippen LogP) is 4.49. The molecule has 1 aromatic carbocycles. The van der Waals surface area contributed by atoms with Gasteiger partial charge in [0.05, 0.1) is 17.5 Å². The molecule has 4 aliphatic carbocycles. The van der Waals surface area contributed by atoms with Crippen LogP contribution in [0.1, 0.15) is 19.3 Å². The molecular formula is C23H27NO2Si. The van der Waals surface area contributed by atoms with E-state index in [9.17, 15) is 9.59 Å². The number of rotatable bonds is 2. The summed E-state index contributed by atoms with van der Waals surface area (Å²) in [7, 11) is -1.52. The van der Waals surface area contributed by atoms with Gasteiger partial charge in [0.2, 0.25) is 11.8 Å². The standard InChI is InChI=1S/C23H27NO2Si/c1-27(2,3)20-16-12-17-13-9-10-14(11-13)23(17,20)19-18(16)21(25)24(22(19)26)15-7-5-4-6-8-15/h4-8,12-14,16,18-20H,9-11H2,1-3H3/t13-,14-,16-,18+,19-,20+,23+/m0/s1. The van der Waals surface area contributed by atoms with Crippen LogP contribution in [0.15, 0.2) is 42.0 Å². The van der Waals surface area contributed by atoms with Crippen LogP contribution < -0.4 is 4.90 Å². The van der Waals surface area contributed by atoms with Crippen molar-refractivity contribution in [2.45, 2.75) is 44.4 Å². The molecule has 27 heavy (non-hydrogen) atoms. The number of anilines is 1. The summed E-state index contributed by atoms with van der Waals surface area (Å²) >= 11 is 0. The molecule has 4 bridgehead atoms. The zero-order valence-electron chi connectivity index (χ0n) is 16.3. The number of hydrogen-bond donors (Lipinski definition) is 0. The fourth-order valence-electron chi connectivity index (χ4n) is 8.27. The number of amides is 2. The Morgan fingerprint density at radius 3 is 2.48 bits per heavy atom. The number of imide groups is 1. The summed E-state index contributed by atoms with van der Waals surface area (Å²) in [6.07, 6.45) is 6.32.